The number of carbonyl (C=O) groups excluding carboxylic acids is 2. The number of hydrogen-bond donors (Lipinski definition) is 0. The van der Waals surface area contributed by atoms with Crippen LogP contribution in [0.15, 0.2) is 29.0 Å². The van der Waals surface area contributed by atoms with Gasteiger partial charge in [0.15, 0.2) is 10.9 Å². The number of rotatable bonds is 4. The molecule has 104 valence electrons. The molecule has 2 aromatic heterocycles. The zero-order valence-electron chi connectivity index (χ0n) is 10.7. The molecule has 0 saturated heterocycles. The number of thiazole rings is 1. The molecular weight excluding hydrogens is 280 g/mol. The first kappa shape index (κ1) is 12.9. The van der Waals surface area contributed by atoms with Crippen molar-refractivity contribution in [1.82, 2.24) is 4.98 Å². The predicted molar refractivity (Wildman–Crippen MR) is 72.0 cm³/mol. The lowest BCUT2D eigenvalue weighted by Crippen LogP contribution is -2.32. The minimum Gasteiger partial charge on any atom is -0.465 e. The van der Waals surface area contributed by atoms with Gasteiger partial charge in [-0.2, -0.15) is 0 Å². The molecule has 20 heavy (non-hydrogen) atoms. The number of carbonyl (C=O) groups is 2. The molecule has 2 heterocycles. The number of amides is 1. The normalized spacial score (nSPS) is 14.1. The van der Waals surface area contributed by atoms with Crippen molar-refractivity contribution in [3.8, 4) is 0 Å². The Kier molecular flexibility index (Phi) is 3.27. The van der Waals surface area contributed by atoms with E-state index in [2.05, 4.69) is 9.72 Å². The molecule has 2 aromatic rings. The summed E-state index contributed by atoms with van der Waals surface area (Å²) in [7, 11) is 1.31. The van der Waals surface area contributed by atoms with E-state index in [0.29, 0.717) is 10.0 Å². The highest BCUT2D eigenvalue weighted by Gasteiger charge is 2.37. The van der Waals surface area contributed by atoms with E-state index < -0.39 is 5.97 Å². The van der Waals surface area contributed by atoms with Crippen LogP contribution in [0.1, 0.15) is 33.1 Å². The molecule has 3 rings (SSSR count). The molecule has 0 aromatic carbocycles. The Morgan fingerprint density at radius 1 is 1.50 bits per heavy atom. The van der Waals surface area contributed by atoms with E-state index in [1.54, 1.807) is 17.0 Å². The SMILES string of the molecule is COC(=O)c1cnc(N(C(=O)c2ccco2)C2CC2)s1. The predicted octanol–water partition coefficient (Wildman–Crippen LogP) is 2.33. The molecule has 1 aliphatic carbocycles. The van der Waals surface area contributed by atoms with Crippen LogP contribution in [-0.2, 0) is 4.74 Å². The van der Waals surface area contributed by atoms with E-state index >= 15 is 0 Å². The summed E-state index contributed by atoms with van der Waals surface area (Å²) in [5.74, 6) is -0.412. The van der Waals surface area contributed by atoms with Gasteiger partial charge in [-0.1, -0.05) is 11.3 Å². The van der Waals surface area contributed by atoms with Crippen molar-refractivity contribution in [2.24, 2.45) is 0 Å². The second-order valence-electron chi connectivity index (χ2n) is 4.38. The van der Waals surface area contributed by atoms with Crippen LogP contribution in [0.2, 0.25) is 0 Å². The van der Waals surface area contributed by atoms with Crippen molar-refractivity contribution in [1.29, 1.82) is 0 Å². The fourth-order valence-electron chi connectivity index (χ4n) is 1.83. The van der Waals surface area contributed by atoms with E-state index in [-0.39, 0.29) is 17.7 Å². The fraction of sp³-hybridized carbons (Fsp3) is 0.308. The molecule has 0 radical (unpaired) electrons. The fourth-order valence-corrected chi connectivity index (χ4v) is 2.74. The first-order valence-electron chi connectivity index (χ1n) is 6.12. The van der Waals surface area contributed by atoms with E-state index in [4.69, 9.17) is 4.42 Å². The molecule has 0 bridgehead atoms. The highest BCUT2D eigenvalue weighted by atomic mass is 32.1. The highest BCUT2D eigenvalue weighted by molar-refractivity contribution is 7.17. The molecule has 1 aliphatic rings. The van der Waals surface area contributed by atoms with Crippen LogP contribution in [0.25, 0.3) is 0 Å². The first-order chi connectivity index (χ1) is 9.70. The third kappa shape index (κ3) is 2.32. The van der Waals surface area contributed by atoms with E-state index in [0.717, 1.165) is 24.2 Å². The number of anilines is 1. The Morgan fingerprint density at radius 2 is 2.30 bits per heavy atom. The van der Waals surface area contributed by atoms with Gasteiger partial charge >= 0.3 is 5.97 Å². The number of hydrogen-bond acceptors (Lipinski definition) is 6. The molecule has 1 fully saturated rings. The Labute approximate surface area is 119 Å². The van der Waals surface area contributed by atoms with Crippen LogP contribution in [-0.4, -0.2) is 30.0 Å². The molecule has 0 unspecified atom stereocenters. The van der Waals surface area contributed by atoms with Crippen LogP contribution in [0, 0.1) is 0 Å². The van der Waals surface area contributed by atoms with Crippen LogP contribution in [0.3, 0.4) is 0 Å². The Bertz CT molecular complexity index is 631. The zero-order valence-corrected chi connectivity index (χ0v) is 11.6. The molecular formula is C13H12N2O4S. The number of nitrogens with zero attached hydrogens (tertiary/aromatic N) is 2. The van der Waals surface area contributed by atoms with Gasteiger partial charge in [-0.25, -0.2) is 9.78 Å². The maximum Gasteiger partial charge on any atom is 0.349 e. The summed E-state index contributed by atoms with van der Waals surface area (Å²) in [5, 5.41) is 0.495. The maximum atomic E-state index is 12.4. The van der Waals surface area contributed by atoms with E-state index in [1.165, 1.54) is 19.6 Å². The summed E-state index contributed by atoms with van der Waals surface area (Å²) >= 11 is 1.15. The average molecular weight is 292 g/mol. The number of ether oxygens (including phenoxy) is 1. The summed E-state index contributed by atoms with van der Waals surface area (Å²) < 4.78 is 9.79. The maximum absolute atomic E-state index is 12.4. The molecule has 7 heteroatoms. The topological polar surface area (TPSA) is 72.6 Å². The van der Waals surface area contributed by atoms with Gasteiger partial charge in [0.25, 0.3) is 5.91 Å². The van der Waals surface area contributed by atoms with E-state index in [9.17, 15) is 9.59 Å². The summed E-state index contributed by atoms with van der Waals surface area (Å²) in [5.41, 5.74) is 0. The van der Waals surface area contributed by atoms with Gasteiger partial charge in [-0.3, -0.25) is 9.69 Å². The zero-order chi connectivity index (χ0) is 14.1. The van der Waals surface area contributed by atoms with Gasteiger partial charge < -0.3 is 9.15 Å². The number of methoxy groups -OCH3 is 1. The molecule has 0 N–H and O–H groups in total. The Morgan fingerprint density at radius 3 is 2.90 bits per heavy atom. The van der Waals surface area contributed by atoms with Crippen LogP contribution < -0.4 is 4.90 Å². The summed E-state index contributed by atoms with van der Waals surface area (Å²) in [6.07, 6.45) is 4.75. The average Bonchev–Trinajstić information content (AvgIpc) is 2.97. The van der Waals surface area contributed by atoms with Crippen molar-refractivity contribution in [3.05, 3.63) is 35.2 Å². The first-order valence-corrected chi connectivity index (χ1v) is 6.93. The third-order valence-corrected chi connectivity index (χ3v) is 3.93. The van der Waals surface area contributed by atoms with Crippen LogP contribution in [0.4, 0.5) is 5.13 Å². The lowest BCUT2D eigenvalue weighted by Gasteiger charge is -2.17. The molecule has 0 aliphatic heterocycles. The highest BCUT2D eigenvalue weighted by Crippen LogP contribution is 2.35. The van der Waals surface area contributed by atoms with Gasteiger partial charge in [0.1, 0.15) is 4.88 Å². The minimum atomic E-state index is -0.449. The lowest BCUT2D eigenvalue weighted by molar-refractivity contribution is 0.0606. The van der Waals surface area contributed by atoms with Crippen LogP contribution >= 0.6 is 11.3 Å². The third-order valence-electron chi connectivity index (χ3n) is 2.95. The van der Waals surface area contributed by atoms with Gasteiger partial charge in [0, 0.05) is 6.04 Å². The standard InChI is InChI=1S/C13H12N2O4S/c1-18-12(17)10-7-14-13(20-10)15(8-4-5-8)11(16)9-3-2-6-19-9/h2-3,6-8H,4-5H2,1H3. The van der Waals surface area contributed by atoms with Crippen LogP contribution in [0.5, 0.6) is 0 Å². The van der Waals surface area contributed by atoms with Crippen molar-refractivity contribution < 1.29 is 18.7 Å². The minimum absolute atomic E-state index is 0.129. The quantitative estimate of drug-likeness (QED) is 0.809. The molecule has 0 atom stereocenters. The largest absolute Gasteiger partial charge is 0.465 e. The van der Waals surface area contributed by atoms with Crippen molar-refractivity contribution in [3.63, 3.8) is 0 Å². The molecule has 1 saturated carbocycles. The second-order valence-corrected chi connectivity index (χ2v) is 5.39. The summed E-state index contributed by atoms with van der Waals surface area (Å²) in [4.78, 5) is 30.0. The van der Waals surface area contributed by atoms with Crippen molar-refractivity contribution in [2.75, 3.05) is 12.0 Å². The van der Waals surface area contributed by atoms with Gasteiger partial charge in [-0.15, -0.1) is 0 Å². The smallest absolute Gasteiger partial charge is 0.349 e. The van der Waals surface area contributed by atoms with Crippen molar-refractivity contribution in [2.45, 2.75) is 18.9 Å². The Hall–Kier alpha value is -2.15. The van der Waals surface area contributed by atoms with Gasteiger partial charge in [0.2, 0.25) is 0 Å². The van der Waals surface area contributed by atoms with Crippen molar-refractivity contribution >= 4 is 28.3 Å². The number of furan rings is 1. The van der Waals surface area contributed by atoms with Gasteiger partial charge in [0.05, 0.1) is 19.6 Å². The summed E-state index contributed by atoms with van der Waals surface area (Å²) in [6, 6.07) is 3.41. The van der Waals surface area contributed by atoms with E-state index in [1.807, 2.05) is 0 Å². The molecule has 0 spiro atoms. The van der Waals surface area contributed by atoms with Gasteiger partial charge in [-0.05, 0) is 25.0 Å². The number of esters is 1. The lowest BCUT2D eigenvalue weighted by atomic mass is 10.4. The summed E-state index contributed by atoms with van der Waals surface area (Å²) in [6.45, 7) is 0. The molecule has 1 amide bonds. The number of aromatic nitrogens is 1. The second kappa shape index (κ2) is 5.09. The molecule has 6 nitrogen and oxygen atoms in total. The Balaban J connectivity index is 1.89. The monoisotopic (exact) mass is 292 g/mol.